The Morgan fingerprint density at radius 1 is 1.26 bits per heavy atom. The molecular weight excluding hydrogens is 244 g/mol. The maximum absolute atomic E-state index is 12.3. The maximum atomic E-state index is 12.3. The lowest BCUT2D eigenvalue weighted by molar-refractivity contribution is 0.0754. The van der Waals surface area contributed by atoms with E-state index in [1.807, 2.05) is 11.8 Å². The van der Waals surface area contributed by atoms with Crippen molar-refractivity contribution >= 4 is 5.91 Å². The first-order valence-electron chi connectivity index (χ1n) is 6.62. The Labute approximate surface area is 113 Å². The first kappa shape index (κ1) is 13.9. The number of aromatic nitrogens is 2. The fourth-order valence-corrected chi connectivity index (χ4v) is 2.20. The van der Waals surface area contributed by atoms with Gasteiger partial charge < -0.3 is 10.0 Å². The number of rotatable bonds is 3. The van der Waals surface area contributed by atoms with E-state index in [2.05, 4.69) is 14.9 Å². The van der Waals surface area contributed by atoms with Gasteiger partial charge in [0.05, 0.1) is 18.5 Å². The van der Waals surface area contributed by atoms with Crippen molar-refractivity contribution in [2.45, 2.75) is 13.3 Å². The van der Waals surface area contributed by atoms with Crippen LogP contribution < -0.4 is 0 Å². The van der Waals surface area contributed by atoms with Crippen LogP contribution in [-0.2, 0) is 0 Å². The highest BCUT2D eigenvalue weighted by atomic mass is 16.3. The quantitative estimate of drug-likeness (QED) is 0.827. The molecule has 6 nitrogen and oxygen atoms in total. The molecule has 1 aliphatic heterocycles. The Hall–Kier alpha value is -1.53. The smallest absolute Gasteiger partial charge is 0.274 e. The van der Waals surface area contributed by atoms with Crippen molar-refractivity contribution in [2.24, 2.45) is 0 Å². The summed E-state index contributed by atoms with van der Waals surface area (Å²) in [7, 11) is 0. The molecule has 1 fully saturated rings. The minimum atomic E-state index is -0.0571. The topological polar surface area (TPSA) is 69.6 Å². The number of aliphatic hydroxyl groups excluding tert-OH is 1. The summed E-state index contributed by atoms with van der Waals surface area (Å²) in [4.78, 5) is 24.5. The van der Waals surface area contributed by atoms with Crippen molar-refractivity contribution in [3.63, 3.8) is 0 Å². The number of carbonyl (C=O) groups excluding carboxylic acids is 1. The summed E-state index contributed by atoms with van der Waals surface area (Å²) < 4.78 is 0. The molecule has 0 spiro atoms. The third-order valence-corrected chi connectivity index (χ3v) is 3.29. The van der Waals surface area contributed by atoms with E-state index in [1.165, 1.54) is 6.20 Å². The average molecular weight is 264 g/mol. The monoisotopic (exact) mass is 264 g/mol. The lowest BCUT2D eigenvalue weighted by Crippen LogP contribution is -2.36. The van der Waals surface area contributed by atoms with E-state index in [1.54, 1.807) is 6.20 Å². The molecule has 0 atom stereocenters. The number of aliphatic hydroxyl groups is 1. The zero-order chi connectivity index (χ0) is 13.7. The molecule has 0 aliphatic carbocycles. The van der Waals surface area contributed by atoms with Gasteiger partial charge in [-0.2, -0.15) is 0 Å². The van der Waals surface area contributed by atoms with Gasteiger partial charge in [0.15, 0.2) is 0 Å². The Balaban J connectivity index is 1.98. The van der Waals surface area contributed by atoms with Crippen LogP contribution in [0.15, 0.2) is 12.4 Å². The second kappa shape index (κ2) is 6.58. The molecule has 2 heterocycles. The van der Waals surface area contributed by atoms with Gasteiger partial charge >= 0.3 is 0 Å². The van der Waals surface area contributed by atoms with Crippen LogP contribution in [0.25, 0.3) is 0 Å². The number of hydrogen-bond acceptors (Lipinski definition) is 5. The molecule has 0 aromatic carbocycles. The fraction of sp³-hybridized carbons (Fsp3) is 0.615. The van der Waals surface area contributed by atoms with Gasteiger partial charge in [0, 0.05) is 32.4 Å². The lowest BCUT2D eigenvalue weighted by atomic mass is 10.3. The van der Waals surface area contributed by atoms with Gasteiger partial charge in [-0.15, -0.1) is 0 Å². The second-order valence-electron chi connectivity index (χ2n) is 4.75. The summed E-state index contributed by atoms with van der Waals surface area (Å²) in [5.41, 5.74) is 1.21. The molecule has 1 aliphatic rings. The summed E-state index contributed by atoms with van der Waals surface area (Å²) in [5.74, 6) is -0.0571. The molecule has 1 aromatic rings. The Bertz CT molecular complexity index is 421. The maximum Gasteiger partial charge on any atom is 0.274 e. The van der Waals surface area contributed by atoms with Gasteiger partial charge in [-0.3, -0.25) is 14.7 Å². The Morgan fingerprint density at radius 3 is 2.79 bits per heavy atom. The predicted molar refractivity (Wildman–Crippen MR) is 70.8 cm³/mol. The van der Waals surface area contributed by atoms with Crippen molar-refractivity contribution in [1.82, 2.24) is 19.8 Å². The molecule has 1 amide bonds. The van der Waals surface area contributed by atoms with E-state index < -0.39 is 0 Å². The highest BCUT2D eigenvalue weighted by molar-refractivity contribution is 5.92. The van der Waals surface area contributed by atoms with Crippen LogP contribution in [0.3, 0.4) is 0 Å². The molecule has 1 N–H and O–H groups in total. The van der Waals surface area contributed by atoms with Gasteiger partial charge in [0.25, 0.3) is 5.91 Å². The van der Waals surface area contributed by atoms with E-state index in [0.29, 0.717) is 18.8 Å². The van der Waals surface area contributed by atoms with Gasteiger partial charge in [0.2, 0.25) is 0 Å². The first-order valence-corrected chi connectivity index (χ1v) is 6.62. The summed E-state index contributed by atoms with van der Waals surface area (Å²) in [6.07, 6.45) is 4.07. The molecule has 6 heteroatoms. The molecule has 2 rings (SSSR count). The van der Waals surface area contributed by atoms with Gasteiger partial charge in [0.1, 0.15) is 5.69 Å². The molecule has 1 aromatic heterocycles. The largest absolute Gasteiger partial charge is 0.395 e. The van der Waals surface area contributed by atoms with Crippen LogP contribution in [0.5, 0.6) is 0 Å². The standard InChI is InChI=1S/C13H20N4O2/c1-11-9-15-12(10-14-11)13(19)17-4-2-3-16(5-6-17)7-8-18/h9-10,18H,2-8H2,1H3. The highest BCUT2D eigenvalue weighted by Gasteiger charge is 2.20. The van der Waals surface area contributed by atoms with Crippen molar-refractivity contribution in [2.75, 3.05) is 39.3 Å². The number of carbonyl (C=O) groups is 1. The van der Waals surface area contributed by atoms with E-state index in [0.717, 1.165) is 31.7 Å². The number of nitrogens with zero attached hydrogens (tertiary/aromatic N) is 4. The van der Waals surface area contributed by atoms with E-state index in [-0.39, 0.29) is 12.5 Å². The fourth-order valence-electron chi connectivity index (χ4n) is 2.20. The van der Waals surface area contributed by atoms with Crippen LogP contribution in [0.2, 0.25) is 0 Å². The molecule has 19 heavy (non-hydrogen) atoms. The summed E-state index contributed by atoms with van der Waals surface area (Å²) in [6.45, 7) is 5.81. The van der Waals surface area contributed by atoms with E-state index in [4.69, 9.17) is 5.11 Å². The normalized spacial score (nSPS) is 17.3. The summed E-state index contributed by atoms with van der Waals surface area (Å²) >= 11 is 0. The minimum absolute atomic E-state index is 0.0571. The number of aryl methyl sites for hydroxylation is 1. The van der Waals surface area contributed by atoms with Crippen LogP contribution in [0.4, 0.5) is 0 Å². The average Bonchev–Trinajstić information content (AvgIpc) is 2.65. The van der Waals surface area contributed by atoms with Gasteiger partial charge in [-0.1, -0.05) is 0 Å². The molecular formula is C13H20N4O2. The lowest BCUT2D eigenvalue weighted by Gasteiger charge is -2.21. The Morgan fingerprint density at radius 2 is 2.11 bits per heavy atom. The van der Waals surface area contributed by atoms with Crippen molar-refractivity contribution < 1.29 is 9.90 Å². The molecule has 0 bridgehead atoms. The zero-order valence-electron chi connectivity index (χ0n) is 11.2. The molecule has 0 unspecified atom stereocenters. The molecule has 1 saturated heterocycles. The third-order valence-electron chi connectivity index (χ3n) is 3.29. The summed E-state index contributed by atoms with van der Waals surface area (Å²) in [6, 6.07) is 0. The van der Waals surface area contributed by atoms with Crippen LogP contribution in [-0.4, -0.2) is 70.1 Å². The van der Waals surface area contributed by atoms with Gasteiger partial charge in [-0.25, -0.2) is 4.98 Å². The Kier molecular flexibility index (Phi) is 4.81. The molecule has 0 radical (unpaired) electrons. The van der Waals surface area contributed by atoms with Crippen LogP contribution in [0, 0.1) is 6.92 Å². The summed E-state index contributed by atoms with van der Waals surface area (Å²) in [5, 5.41) is 8.95. The molecule has 104 valence electrons. The van der Waals surface area contributed by atoms with Crippen molar-refractivity contribution in [3.8, 4) is 0 Å². The highest BCUT2D eigenvalue weighted by Crippen LogP contribution is 2.07. The predicted octanol–water partition coefficient (Wildman–Crippen LogP) is -0.0748. The second-order valence-corrected chi connectivity index (χ2v) is 4.75. The first-order chi connectivity index (χ1) is 9.20. The third kappa shape index (κ3) is 3.71. The number of hydrogen-bond donors (Lipinski definition) is 1. The van der Waals surface area contributed by atoms with Crippen molar-refractivity contribution in [3.05, 3.63) is 23.8 Å². The zero-order valence-corrected chi connectivity index (χ0v) is 11.2. The van der Waals surface area contributed by atoms with Crippen LogP contribution >= 0.6 is 0 Å². The van der Waals surface area contributed by atoms with Crippen LogP contribution in [0.1, 0.15) is 22.6 Å². The van der Waals surface area contributed by atoms with E-state index in [9.17, 15) is 4.79 Å². The van der Waals surface area contributed by atoms with Crippen molar-refractivity contribution in [1.29, 1.82) is 0 Å². The minimum Gasteiger partial charge on any atom is -0.395 e. The SMILES string of the molecule is Cc1cnc(C(=O)N2CCCN(CCO)CC2)cn1. The van der Waals surface area contributed by atoms with E-state index >= 15 is 0 Å². The molecule has 0 saturated carbocycles. The number of amides is 1. The van der Waals surface area contributed by atoms with Gasteiger partial charge in [-0.05, 0) is 19.9 Å². The number of β-amino-alcohol motifs (C(OH)–C–C–N with tert-alkyl or cyclic N) is 1.